The second-order valence-corrected chi connectivity index (χ2v) is 15.5. The summed E-state index contributed by atoms with van der Waals surface area (Å²) in [5.74, 6) is 0. The summed E-state index contributed by atoms with van der Waals surface area (Å²) in [5, 5.41) is 1.35. The van der Waals surface area contributed by atoms with Gasteiger partial charge in [0.05, 0.1) is 5.41 Å². The van der Waals surface area contributed by atoms with Crippen molar-refractivity contribution in [3.05, 3.63) is 196 Å². The molecule has 50 heavy (non-hydrogen) atoms. The first-order chi connectivity index (χ1) is 24.6. The van der Waals surface area contributed by atoms with Gasteiger partial charge in [0.25, 0.3) is 0 Å². The fourth-order valence-corrected chi connectivity index (χ4v) is 11.0. The highest BCUT2D eigenvalue weighted by Gasteiger charge is 2.53. The zero-order valence-corrected chi connectivity index (χ0v) is 28.8. The maximum atomic E-state index is 2.51. The van der Waals surface area contributed by atoms with Crippen molar-refractivity contribution >= 4 is 38.5 Å². The van der Waals surface area contributed by atoms with Crippen molar-refractivity contribution in [3.63, 3.8) is 0 Å². The molecule has 1 heterocycles. The zero-order valence-electron chi connectivity index (χ0n) is 27.9. The minimum atomic E-state index is -0.387. The molecule has 0 saturated heterocycles. The monoisotopic (exact) mass is 655 g/mol. The smallest absolute Gasteiger partial charge is 0.0820 e. The van der Waals surface area contributed by atoms with Crippen molar-refractivity contribution in [2.45, 2.75) is 24.7 Å². The van der Waals surface area contributed by atoms with E-state index >= 15 is 0 Å². The Hall–Kier alpha value is -5.70. The summed E-state index contributed by atoms with van der Waals surface area (Å²) < 4.78 is 1.35. The highest BCUT2D eigenvalue weighted by atomic mass is 32.1. The molecule has 0 bridgehead atoms. The quantitative estimate of drug-likeness (QED) is 0.183. The maximum absolute atomic E-state index is 2.51. The highest BCUT2D eigenvalue weighted by molar-refractivity contribution is 7.20. The third-order valence-corrected chi connectivity index (χ3v) is 13.0. The summed E-state index contributed by atoms with van der Waals surface area (Å²) in [5.41, 5.74) is 18.0. The fraction of sp³-hybridized carbons (Fsp3) is 0.0833. The standard InChI is InChI=1S/C48H33NS/c1-47(2)39-20-10-6-16-33(39)35-26-24-31(28-42(35)47)49(30-14-4-3-5-15-30)32-25-27-36-34-17-7-11-21-40(34)48(43(36)29-32)41-22-12-8-18-37(41)45-38-19-9-13-23-44(38)50-46(45)48/h3-29H,1-2H3. The van der Waals surface area contributed by atoms with Crippen LogP contribution in [0.15, 0.2) is 164 Å². The first-order valence-corrected chi connectivity index (χ1v) is 18.3. The van der Waals surface area contributed by atoms with Crippen molar-refractivity contribution in [2.24, 2.45) is 0 Å². The molecule has 3 aliphatic rings. The number of anilines is 3. The summed E-state index contributed by atoms with van der Waals surface area (Å²) in [6.07, 6.45) is 0. The molecule has 1 atom stereocenters. The summed E-state index contributed by atoms with van der Waals surface area (Å²) >= 11 is 1.97. The number of hydrogen-bond donors (Lipinski definition) is 0. The average Bonchev–Trinajstić information content (AvgIpc) is 3.84. The van der Waals surface area contributed by atoms with E-state index in [2.05, 4.69) is 183 Å². The lowest BCUT2D eigenvalue weighted by Gasteiger charge is -2.32. The van der Waals surface area contributed by atoms with E-state index in [9.17, 15) is 0 Å². The molecule has 236 valence electrons. The molecule has 0 saturated carbocycles. The molecule has 1 spiro atoms. The molecular formula is C48H33NS. The summed E-state index contributed by atoms with van der Waals surface area (Å²) in [7, 11) is 0. The lowest BCUT2D eigenvalue weighted by molar-refractivity contribution is 0.660. The third-order valence-electron chi connectivity index (χ3n) is 11.7. The van der Waals surface area contributed by atoms with E-state index in [0.29, 0.717) is 0 Å². The minimum Gasteiger partial charge on any atom is -0.310 e. The van der Waals surface area contributed by atoms with E-state index in [1.54, 1.807) is 0 Å². The van der Waals surface area contributed by atoms with Crippen LogP contribution in [0, 0.1) is 0 Å². The Kier molecular flexibility index (Phi) is 5.60. The molecule has 0 radical (unpaired) electrons. The van der Waals surface area contributed by atoms with Gasteiger partial charge in [-0.05, 0) is 98.1 Å². The van der Waals surface area contributed by atoms with Gasteiger partial charge in [-0.3, -0.25) is 0 Å². The Morgan fingerprint density at radius 1 is 0.420 bits per heavy atom. The van der Waals surface area contributed by atoms with Crippen molar-refractivity contribution in [1.29, 1.82) is 0 Å². The highest BCUT2D eigenvalue weighted by Crippen LogP contribution is 2.66. The van der Waals surface area contributed by atoms with E-state index in [1.165, 1.54) is 87.5 Å². The number of nitrogens with zero attached hydrogens (tertiary/aromatic N) is 1. The predicted molar refractivity (Wildman–Crippen MR) is 210 cm³/mol. The lowest BCUT2D eigenvalue weighted by atomic mass is 9.74. The number of thiophene rings is 1. The molecule has 0 aliphatic heterocycles. The van der Waals surface area contributed by atoms with Gasteiger partial charge in [0.1, 0.15) is 0 Å². The molecule has 11 rings (SSSR count). The van der Waals surface area contributed by atoms with E-state index in [1.807, 2.05) is 11.3 Å². The number of para-hydroxylation sites is 1. The van der Waals surface area contributed by atoms with Crippen molar-refractivity contribution in [3.8, 4) is 33.4 Å². The van der Waals surface area contributed by atoms with Gasteiger partial charge in [-0.25, -0.2) is 0 Å². The normalized spacial score (nSPS) is 16.8. The first kappa shape index (κ1) is 28.2. The minimum absolute atomic E-state index is 0.0843. The summed E-state index contributed by atoms with van der Waals surface area (Å²) in [4.78, 5) is 3.90. The number of hydrogen-bond acceptors (Lipinski definition) is 2. The lowest BCUT2D eigenvalue weighted by Crippen LogP contribution is -2.25. The van der Waals surface area contributed by atoms with Crippen LogP contribution < -0.4 is 4.90 Å². The largest absolute Gasteiger partial charge is 0.310 e. The first-order valence-electron chi connectivity index (χ1n) is 17.5. The number of fused-ring (bicyclic) bond motifs is 15. The van der Waals surface area contributed by atoms with Crippen LogP contribution in [0.25, 0.3) is 43.5 Å². The van der Waals surface area contributed by atoms with Crippen LogP contribution in [0.2, 0.25) is 0 Å². The SMILES string of the molecule is CC1(C)c2ccccc2-c2ccc(N(c3ccccc3)c3ccc4c(c3)C3(c5ccccc5-4)c4ccccc4-c4c3sc3ccccc43)cc21. The van der Waals surface area contributed by atoms with E-state index in [0.717, 1.165) is 5.69 Å². The van der Waals surface area contributed by atoms with Gasteiger partial charge in [-0.15, -0.1) is 11.3 Å². The molecule has 0 fully saturated rings. The van der Waals surface area contributed by atoms with Crippen LogP contribution in [-0.4, -0.2) is 0 Å². The zero-order chi connectivity index (χ0) is 33.2. The Morgan fingerprint density at radius 2 is 0.940 bits per heavy atom. The maximum Gasteiger partial charge on any atom is 0.0820 e. The molecule has 0 amide bonds. The Morgan fingerprint density at radius 3 is 1.68 bits per heavy atom. The van der Waals surface area contributed by atoms with Crippen molar-refractivity contribution < 1.29 is 0 Å². The molecule has 1 nitrogen and oxygen atoms in total. The van der Waals surface area contributed by atoms with Gasteiger partial charge in [0.15, 0.2) is 0 Å². The molecule has 8 aromatic rings. The van der Waals surface area contributed by atoms with Crippen LogP contribution in [-0.2, 0) is 10.8 Å². The van der Waals surface area contributed by atoms with Crippen LogP contribution in [0.4, 0.5) is 17.1 Å². The third kappa shape index (κ3) is 3.47. The van der Waals surface area contributed by atoms with Crippen LogP contribution in [0.1, 0.15) is 46.5 Å². The van der Waals surface area contributed by atoms with Crippen LogP contribution in [0.3, 0.4) is 0 Å². The second-order valence-electron chi connectivity index (χ2n) is 14.4. The predicted octanol–water partition coefficient (Wildman–Crippen LogP) is 13.0. The summed E-state index contributed by atoms with van der Waals surface area (Å²) in [6, 6.07) is 61.3. The second kappa shape index (κ2) is 9.94. The van der Waals surface area contributed by atoms with Gasteiger partial charge < -0.3 is 4.90 Å². The van der Waals surface area contributed by atoms with Crippen molar-refractivity contribution in [2.75, 3.05) is 4.90 Å². The average molecular weight is 656 g/mol. The number of benzene rings is 7. The van der Waals surface area contributed by atoms with E-state index < -0.39 is 0 Å². The summed E-state index contributed by atoms with van der Waals surface area (Å²) in [6.45, 7) is 4.73. The fourth-order valence-electron chi connectivity index (χ4n) is 9.52. The van der Waals surface area contributed by atoms with Crippen LogP contribution >= 0.6 is 11.3 Å². The molecule has 2 heteroatoms. The molecular weight excluding hydrogens is 623 g/mol. The van der Waals surface area contributed by atoms with Gasteiger partial charge in [0.2, 0.25) is 0 Å². The molecule has 1 aromatic heterocycles. The Labute approximate surface area is 296 Å². The van der Waals surface area contributed by atoms with Gasteiger partial charge in [-0.1, -0.05) is 135 Å². The molecule has 3 aliphatic carbocycles. The van der Waals surface area contributed by atoms with Gasteiger partial charge in [0, 0.05) is 43.0 Å². The molecule has 7 aromatic carbocycles. The van der Waals surface area contributed by atoms with Gasteiger partial charge in [-0.2, -0.15) is 0 Å². The van der Waals surface area contributed by atoms with E-state index in [-0.39, 0.29) is 10.8 Å². The van der Waals surface area contributed by atoms with Crippen LogP contribution in [0.5, 0.6) is 0 Å². The van der Waals surface area contributed by atoms with E-state index in [4.69, 9.17) is 0 Å². The molecule has 1 unspecified atom stereocenters. The Bertz CT molecular complexity index is 2700. The molecule has 0 N–H and O–H groups in total. The van der Waals surface area contributed by atoms with Gasteiger partial charge >= 0.3 is 0 Å². The number of rotatable bonds is 3. The Balaban J connectivity index is 1.18. The topological polar surface area (TPSA) is 3.24 Å². The van der Waals surface area contributed by atoms with Crippen molar-refractivity contribution in [1.82, 2.24) is 0 Å².